The van der Waals surface area contributed by atoms with Crippen LogP contribution in [0.5, 0.6) is 0 Å². The van der Waals surface area contributed by atoms with Gasteiger partial charge in [0.1, 0.15) is 12.6 Å². The highest BCUT2D eigenvalue weighted by Crippen LogP contribution is 2.26. The van der Waals surface area contributed by atoms with Gasteiger partial charge in [0, 0.05) is 33.5 Å². The molecule has 0 aromatic heterocycles. The van der Waals surface area contributed by atoms with Crippen molar-refractivity contribution in [3.05, 3.63) is 98.4 Å². The molecule has 1 unspecified atom stereocenters. The fourth-order valence-corrected chi connectivity index (χ4v) is 6.73. The number of rotatable bonds is 11. The number of carbonyl (C=O) groups is 2. The van der Waals surface area contributed by atoms with Gasteiger partial charge in [0.25, 0.3) is 0 Å². The van der Waals surface area contributed by atoms with Gasteiger partial charge in [0.15, 0.2) is 0 Å². The number of hydrogen-bond acceptors (Lipinski definition) is 4. The van der Waals surface area contributed by atoms with E-state index in [1.54, 1.807) is 42.5 Å². The Labute approximate surface area is 266 Å². The number of sulfonamides is 1. The van der Waals surface area contributed by atoms with Crippen LogP contribution in [-0.2, 0) is 32.6 Å². The highest BCUT2D eigenvalue weighted by atomic mass is 79.9. The lowest BCUT2D eigenvalue weighted by Gasteiger charge is -2.35. The van der Waals surface area contributed by atoms with E-state index in [4.69, 9.17) is 23.2 Å². The Balaban J connectivity index is 1.74. The molecular weight excluding hydrogens is 661 g/mol. The van der Waals surface area contributed by atoms with Gasteiger partial charge in [-0.05, 0) is 60.4 Å². The van der Waals surface area contributed by atoms with Gasteiger partial charge in [-0.3, -0.25) is 13.9 Å². The van der Waals surface area contributed by atoms with Crippen molar-refractivity contribution in [3.63, 3.8) is 0 Å². The topological polar surface area (TPSA) is 86.8 Å². The van der Waals surface area contributed by atoms with E-state index < -0.39 is 28.5 Å². The highest BCUT2D eigenvalue weighted by molar-refractivity contribution is 9.10. The maximum atomic E-state index is 14.2. The van der Waals surface area contributed by atoms with Crippen LogP contribution >= 0.6 is 39.1 Å². The van der Waals surface area contributed by atoms with E-state index in [1.165, 1.54) is 4.90 Å². The summed E-state index contributed by atoms with van der Waals surface area (Å²) in [5.41, 5.74) is 1.80. The fraction of sp³-hybridized carbons (Fsp3) is 0.355. The second-order valence-electron chi connectivity index (χ2n) is 10.6. The average molecular weight is 696 g/mol. The Kier molecular flexibility index (Phi) is 11.3. The molecule has 224 valence electrons. The van der Waals surface area contributed by atoms with Crippen LogP contribution in [-0.4, -0.2) is 50.0 Å². The minimum atomic E-state index is -3.85. The summed E-state index contributed by atoms with van der Waals surface area (Å²) in [6.07, 6.45) is 6.27. The van der Waals surface area contributed by atoms with Gasteiger partial charge in [-0.15, -0.1) is 0 Å². The summed E-state index contributed by atoms with van der Waals surface area (Å²) >= 11 is 16.0. The van der Waals surface area contributed by atoms with Crippen LogP contribution < -0.4 is 9.62 Å². The number of halogens is 3. The monoisotopic (exact) mass is 693 g/mol. The van der Waals surface area contributed by atoms with Gasteiger partial charge >= 0.3 is 0 Å². The normalized spacial score (nSPS) is 14.7. The van der Waals surface area contributed by atoms with Crippen LogP contribution in [0.15, 0.2) is 77.3 Å². The quantitative estimate of drug-likeness (QED) is 0.245. The molecule has 0 spiro atoms. The van der Waals surface area contributed by atoms with E-state index in [-0.39, 0.29) is 24.9 Å². The van der Waals surface area contributed by atoms with Gasteiger partial charge in [0.05, 0.1) is 11.9 Å². The SMILES string of the molecule is CS(=O)(=O)N(CC(=O)N(Cc1ccc(Cl)cc1Cl)C(Cc1ccccc1)C(=O)NC1CCCCC1)c1ccc(Br)cc1. The van der Waals surface area contributed by atoms with Gasteiger partial charge in [-0.2, -0.15) is 0 Å². The van der Waals surface area contributed by atoms with Crippen LogP contribution in [0.3, 0.4) is 0 Å². The molecule has 1 atom stereocenters. The molecule has 0 radical (unpaired) electrons. The van der Waals surface area contributed by atoms with E-state index >= 15 is 0 Å². The summed E-state index contributed by atoms with van der Waals surface area (Å²) in [6, 6.07) is 20.2. The van der Waals surface area contributed by atoms with Crippen molar-refractivity contribution in [2.75, 3.05) is 17.1 Å². The molecule has 1 aliphatic rings. The number of carbonyl (C=O) groups excluding carboxylic acids is 2. The summed E-state index contributed by atoms with van der Waals surface area (Å²) in [5.74, 6) is -0.812. The molecule has 11 heteroatoms. The number of nitrogens with one attached hydrogen (secondary N) is 1. The Bertz CT molecular complexity index is 1480. The molecule has 1 N–H and O–H groups in total. The van der Waals surface area contributed by atoms with E-state index in [1.807, 2.05) is 30.3 Å². The van der Waals surface area contributed by atoms with Crippen LogP contribution in [0.1, 0.15) is 43.2 Å². The van der Waals surface area contributed by atoms with Gasteiger partial charge < -0.3 is 10.2 Å². The molecule has 1 aliphatic carbocycles. The predicted molar refractivity (Wildman–Crippen MR) is 172 cm³/mol. The van der Waals surface area contributed by atoms with Crippen molar-refractivity contribution < 1.29 is 18.0 Å². The van der Waals surface area contributed by atoms with Gasteiger partial charge in [0.2, 0.25) is 21.8 Å². The Morgan fingerprint density at radius 2 is 1.64 bits per heavy atom. The van der Waals surface area contributed by atoms with Crippen LogP contribution in [0, 0.1) is 0 Å². The molecule has 0 heterocycles. The molecular formula is C31H34BrCl2N3O4S. The number of hydrogen-bond donors (Lipinski definition) is 1. The lowest BCUT2D eigenvalue weighted by Crippen LogP contribution is -2.55. The van der Waals surface area contributed by atoms with Crippen molar-refractivity contribution in [2.24, 2.45) is 0 Å². The summed E-state index contributed by atoms with van der Waals surface area (Å²) in [7, 11) is -3.85. The third-order valence-corrected chi connectivity index (χ3v) is 9.63. The molecule has 2 amide bonds. The first-order valence-electron chi connectivity index (χ1n) is 13.8. The third kappa shape index (κ3) is 8.96. The highest BCUT2D eigenvalue weighted by Gasteiger charge is 2.34. The number of amides is 2. The first-order valence-corrected chi connectivity index (χ1v) is 17.2. The van der Waals surface area contributed by atoms with Crippen LogP contribution in [0.25, 0.3) is 0 Å². The van der Waals surface area contributed by atoms with Gasteiger partial charge in [-0.1, -0.05) is 94.8 Å². The predicted octanol–water partition coefficient (Wildman–Crippen LogP) is 6.61. The van der Waals surface area contributed by atoms with Crippen LogP contribution in [0.4, 0.5) is 5.69 Å². The molecule has 4 rings (SSSR count). The molecule has 3 aromatic carbocycles. The smallest absolute Gasteiger partial charge is 0.244 e. The van der Waals surface area contributed by atoms with Gasteiger partial charge in [-0.25, -0.2) is 8.42 Å². The van der Waals surface area contributed by atoms with Crippen molar-refractivity contribution in [2.45, 2.75) is 57.2 Å². The second-order valence-corrected chi connectivity index (χ2v) is 14.2. The maximum Gasteiger partial charge on any atom is 0.244 e. The largest absolute Gasteiger partial charge is 0.352 e. The number of nitrogens with zero attached hydrogens (tertiary/aromatic N) is 2. The first-order chi connectivity index (χ1) is 20.0. The Hall–Kier alpha value is -2.59. The lowest BCUT2D eigenvalue weighted by atomic mass is 9.94. The third-order valence-electron chi connectivity index (χ3n) is 7.37. The van der Waals surface area contributed by atoms with E-state index in [0.29, 0.717) is 21.3 Å². The average Bonchev–Trinajstić information content (AvgIpc) is 2.95. The van der Waals surface area contributed by atoms with Crippen molar-refractivity contribution in [3.8, 4) is 0 Å². The second kappa shape index (κ2) is 14.7. The van der Waals surface area contributed by atoms with Crippen molar-refractivity contribution in [1.29, 1.82) is 0 Å². The number of anilines is 1. The zero-order valence-corrected chi connectivity index (χ0v) is 27.2. The summed E-state index contributed by atoms with van der Waals surface area (Å²) in [6.45, 7) is -0.504. The first kappa shape index (κ1) is 32.3. The van der Waals surface area contributed by atoms with Crippen molar-refractivity contribution >= 4 is 66.7 Å². The minimum Gasteiger partial charge on any atom is -0.352 e. The zero-order chi connectivity index (χ0) is 30.3. The number of benzene rings is 3. The van der Waals surface area contributed by atoms with E-state index in [0.717, 1.165) is 52.7 Å². The minimum absolute atomic E-state index is 0.0115. The molecule has 0 saturated heterocycles. The molecule has 1 fully saturated rings. The molecule has 0 aliphatic heterocycles. The maximum absolute atomic E-state index is 14.2. The van der Waals surface area contributed by atoms with Crippen LogP contribution in [0.2, 0.25) is 10.0 Å². The van der Waals surface area contributed by atoms with E-state index in [2.05, 4.69) is 21.2 Å². The standard InChI is InChI=1S/C31H34BrCl2N3O4S/c1-42(40,41)37(27-16-13-24(32)14-17-27)21-30(38)36(20-23-12-15-25(33)19-28(23)34)29(18-22-8-4-2-5-9-22)31(39)35-26-10-6-3-7-11-26/h2,4-5,8-9,12-17,19,26,29H,3,6-7,10-11,18,20-21H2,1H3,(H,35,39). The summed E-state index contributed by atoms with van der Waals surface area (Å²) < 4.78 is 27.6. The molecule has 3 aromatic rings. The summed E-state index contributed by atoms with van der Waals surface area (Å²) in [5, 5.41) is 3.97. The zero-order valence-electron chi connectivity index (χ0n) is 23.3. The summed E-state index contributed by atoms with van der Waals surface area (Å²) in [4.78, 5) is 29.6. The van der Waals surface area contributed by atoms with Crippen molar-refractivity contribution in [1.82, 2.24) is 10.2 Å². The van der Waals surface area contributed by atoms with E-state index in [9.17, 15) is 18.0 Å². The fourth-order valence-electron chi connectivity index (χ4n) is 5.15. The Morgan fingerprint density at radius 1 is 0.976 bits per heavy atom. The molecule has 7 nitrogen and oxygen atoms in total. The Morgan fingerprint density at radius 3 is 2.26 bits per heavy atom. The molecule has 42 heavy (non-hydrogen) atoms. The lowest BCUT2D eigenvalue weighted by molar-refractivity contribution is -0.140. The molecule has 0 bridgehead atoms. The molecule has 1 saturated carbocycles.